The number of nitrogens with one attached hydrogen (secondary N) is 1. The molecule has 0 saturated carbocycles. The standard InChI is InChI=1S/C12H6F3N3O/c13-12(14,15)9-3-1-7(2-4-9)10-17-6-8(5-16)11(19)18-10/h1-4,6H,(H,17,18,19). The zero-order chi connectivity index (χ0) is 14.0. The SMILES string of the molecule is N#Cc1cnc(-c2ccc(C(F)(F)F)cc2)[nH]c1=O. The highest BCUT2D eigenvalue weighted by Crippen LogP contribution is 2.30. The van der Waals surface area contributed by atoms with E-state index in [2.05, 4.69) is 9.97 Å². The van der Waals surface area contributed by atoms with Gasteiger partial charge in [0.2, 0.25) is 0 Å². The Kier molecular flexibility index (Phi) is 3.09. The number of hydrogen-bond acceptors (Lipinski definition) is 3. The lowest BCUT2D eigenvalue weighted by molar-refractivity contribution is -0.137. The first-order chi connectivity index (χ1) is 8.91. The van der Waals surface area contributed by atoms with Crippen molar-refractivity contribution in [2.45, 2.75) is 6.18 Å². The Labute approximate surface area is 105 Å². The molecule has 0 amide bonds. The first-order valence-electron chi connectivity index (χ1n) is 5.09. The fraction of sp³-hybridized carbons (Fsp3) is 0.0833. The van der Waals surface area contributed by atoms with Gasteiger partial charge in [-0.1, -0.05) is 12.1 Å². The van der Waals surface area contributed by atoms with Crippen molar-refractivity contribution in [3.8, 4) is 17.5 Å². The molecule has 0 saturated heterocycles. The van der Waals surface area contributed by atoms with Crippen LogP contribution in [-0.2, 0) is 6.18 Å². The van der Waals surface area contributed by atoms with E-state index in [1.807, 2.05) is 0 Å². The van der Waals surface area contributed by atoms with Crippen LogP contribution in [0, 0.1) is 11.3 Å². The van der Waals surface area contributed by atoms with Crippen LogP contribution >= 0.6 is 0 Å². The summed E-state index contributed by atoms with van der Waals surface area (Å²) < 4.78 is 37.1. The maximum Gasteiger partial charge on any atom is 0.416 e. The van der Waals surface area contributed by atoms with Crippen molar-refractivity contribution >= 4 is 0 Å². The number of benzene rings is 1. The van der Waals surface area contributed by atoms with Gasteiger partial charge in [0, 0.05) is 5.56 Å². The van der Waals surface area contributed by atoms with E-state index in [0.29, 0.717) is 5.56 Å². The molecule has 2 aromatic rings. The summed E-state index contributed by atoms with van der Waals surface area (Å²) in [6, 6.07) is 5.84. The van der Waals surface area contributed by atoms with Gasteiger partial charge in [0.25, 0.3) is 5.56 Å². The monoisotopic (exact) mass is 265 g/mol. The van der Waals surface area contributed by atoms with Crippen LogP contribution < -0.4 is 5.56 Å². The number of nitriles is 1. The van der Waals surface area contributed by atoms with Crippen molar-refractivity contribution in [2.75, 3.05) is 0 Å². The smallest absolute Gasteiger partial charge is 0.305 e. The van der Waals surface area contributed by atoms with Crippen molar-refractivity contribution in [2.24, 2.45) is 0 Å². The van der Waals surface area contributed by atoms with Gasteiger partial charge in [-0.15, -0.1) is 0 Å². The maximum absolute atomic E-state index is 12.4. The summed E-state index contributed by atoms with van der Waals surface area (Å²) >= 11 is 0. The Morgan fingerprint density at radius 2 is 1.84 bits per heavy atom. The van der Waals surface area contributed by atoms with Gasteiger partial charge in [0.15, 0.2) is 0 Å². The Balaban J connectivity index is 2.41. The van der Waals surface area contributed by atoms with E-state index >= 15 is 0 Å². The summed E-state index contributed by atoms with van der Waals surface area (Å²) in [6.07, 6.45) is -3.34. The van der Waals surface area contributed by atoms with Gasteiger partial charge in [0.05, 0.1) is 11.8 Å². The van der Waals surface area contributed by atoms with E-state index in [4.69, 9.17) is 5.26 Å². The van der Waals surface area contributed by atoms with E-state index in [1.165, 1.54) is 12.1 Å². The van der Waals surface area contributed by atoms with Gasteiger partial charge >= 0.3 is 6.18 Å². The molecule has 0 aliphatic heterocycles. The van der Waals surface area contributed by atoms with Gasteiger partial charge < -0.3 is 4.98 Å². The second-order valence-corrected chi connectivity index (χ2v) is 3.66. The van der Waals surface area contributed by atoms with Gasteiger partial charge in [-0.05, 0) is 12.1 Å². The third kappa shape index (κ3) is 2.63. The Morgan fingerprint density at radius 1 is 1.21 bits per heavy atom. The van der Waals surface area contributed by atoms with Crippen molar-refractivity contribution in [1.82, 2.24) is 9.97 Å². The number of aromatic amines is 1. The van der Waals surface area contributed by atoms with Crippen LogP contribution in [0.4, 0.5) is 13.2 Å². The molecular formula is C12H6F3N3O. The first-order valence-corrected chi connectivity index (χ1v) is 5.09. The minimum absolute atomic E-state index is 0.109. The largest absolute Gasteiger partial charge is 0.416 e. The lowest BCUT2D eigenvalue weighted by atomic mass is 10.1. The summed E-state index contributed by atoms with van der Waals surface area (Å²) in [5.74, 6) is 0.109. The third-order valence-corrected chi connectivity index (χ3v) is 2.41. The Morgan fingerprint density at radius 3 is 2.32 bits per heavy atom. The number of hydrogen-bond donors (Lipinski definition) is 1. The molecule has 0 aliphatic rings. The molecule has 1 aromatic heterocycles. The predicted molar refractivity (Wildman–Crippen MR) is 60.0 cm³/mol. The van der Waals surface area contributed by atoms with E-state index in [1.54, 1.807) is 6.07 Å². The van der Waals surface area contributed by atoms with Crippen LogP contribution in [0.3, 0.4) is 0 Å². The highest BCUT2D eigenvalue weighted by Gasteiger charge is 2.30. The summed E-state index contributed by atoms with van der Waals surface area (Å²) in [7, 11) is 0. The van der Waals surface area contributed by atoms with Crippen LogP contribution in [0.25, 0.3) is 11.4 Å². The molecule has 0 radical (unpaired) electrons. The normalized spacial score (nSPS) is 11.1. The number of H-pyrrole nitrogens is 1. The van der Waals surface area contributed by atoms with Crippen LogP contribution in [0.2, 0.25) is 0 Å². The minimum Gasteiger partial charge on any atom is -0.305 e. The van der Waals surface area contributed by atoms with Gasteiger partial charge in [-0.2, -0.15) is 18.4 Å². The quantitative estimate of drug-likeness (QED) is 0.860. The molecule has 4 nitrogen and oxygen atoms in total. The van der Waals surface area contributed by atoms with Gasteiger partial charge in [0.1, 0.15) is 17.5 Å². The molecule has 0 spiro atoms. The highest BCUT2D eigenvalue weighted by atomic mass is 19.4. The first kappa shape index (κ1) is 12.8. The average molecular weight is 265 g/mol. The number of rotatable bonds is 1. The molecule has 1 aromatic carbocycles. The van der Waals surface area contributed by atoms with Crippen molar-refractivity contribution in [3.05, 3.63) is 51.9 Å². The van der Waals surface area contributed by atoms with E-state index in [9.17, 15) is 18.0 Å². The fourth-order valence-corrected chi connectivity index (χ4v) is 1.44. The maximum atomic E-state index is 12.4. The van der Waals surface area contributed by atoms with Crippen molar-refractivity contribution < 1.29 is 13.2 Å². The molecule has 0 unspecified atom stereocenters. The van der Waals surface area contributed by atoms with Crippen molar-refractivity contribution in [3.63, 3.8) is 0 Å². The summed E-state index contributed by atoms with van der Waals surface area (Å²) in [5, 5.41) is 8.57. The van der Waals surface area contributed by atoms with Crippen LogP contribution in [0.15, 0.2) is 35.3 Å². The molecule has 0 aliphatic carbocycles. The van der Waals surface area contributed by atoms with E-state index in [-0.39, 0.29) is 11.4 Å². The average Bonchev–Trinajstić information content (AvgIpc) is 2.38. The Hall–Kier alpha value is -2.62. The Bertz CT molecular complexity index is 696. The minimum atomic E-state index is -4.41. The predicted octanol–water partition coefficient (Wildman–Crippen LogP) is 2.33. The van der Waals surface area contributed by atoms with Crippen molar-refractivity contribution in [1.29, 1.82) is 5.26 Å². The van der Waals surface area contributed by atoms with E-state index in [0.717, 1.165) is 18.3 Å². The summed E-state index contributed by atoms with van der Waals surface area (Å²) in [5.41, 5.74) is -1.25. The number of alkyl halides is 3. The summed E-state index contributed by atoms with van der Waals surface area (Å²) in [6.45, 7) is 0. The van der Waals surface area contributed by atoms with Crippen LogP contribution in [0.1, 0.15) is 11.1 Å². The zero-order valence-corrected chi connectivity index (χ0v) is 9.32. The molecule has 2 rings (SSSR count). The van der Waals surface area contributed by atoms with Crippen LogP contribution in [0.5, 0.6) is 0 Å². The molecular weight excluding hydrogens is 259 g/mol. The van der Waals surface area contributed by atoms with Gasteiger partial charge in [-0.25, -0.2) is 4.98 Å². The highest BCUT2D eigenvalue weighted by molar-refractivity contribution is 5.55. The molecule has 19 heavy (non-hydrogen) atoms. The summed E-state index contributed by atoms with van der Waals surface area (Å²) in [4.78, 5) is 17.5. The molecule has 1 heterocycles. The van der Waals surface area contributed by atoms with E-state index < -0.39 is 17.3 Å². The fourth-order valence-electron chi connectivity index (χ4n) is 1.44. The van der Waals surface area contributed by atoms with Gasteiger partial charge in [-0.3, -0.25) is 4.79 Å². The molecule has 0 fully saturated rings. The number of halogens is 3. The zero-order valence-electron chi connectivity index (χ0n) is 9.32. The number of nitrogens with zero attached hydrogens (tertiary/aromatic N) is 2. The second-order valence-electron chi connectivity index (χ2n) is 3.66. The molecule has 0 atom stereocenters. The molecule has 7 heteroatoms. The molecule has 0 bridgehead atoms. The van der Waals surface area contributed by atoms with Crippen LogP contribution in [-0.4, -0.2) is 9.97 Å². The molecule has 1 N–H and O–H groups in total. The topological polar surface area (TPSA) is 69.5 Å². The molecule has 96 valence electrons. The lowest BCUT2D eigenvalue weighted by Gasteiger charge is -2.07. The second kappa shape index (κ2) is 4.57. The lowest BCUT2D eigenvalue weighted by Crippen LogP contribution is -2.12. The number of aromatic nitrogens is 2. The third-order valence-electron chi connectivity index (χ3n) is 2.41.